The average Bonchev–Trinajstić information content (AvgIpc) is 2.32. The molecule has 0 aliphatic rings. The van der Waals surface area contributed by atoms with E-state index in [2.05, 4.69) is 31.8 Å². The van der Waals surface area contributed by atoms with Crippen LogP contribution in [0.5, 0.6) is 0 Å². The minimum Gasteiger partial charge on any atom is -0.309 e. The molecule has 0 radical (unpaired) electrons. The van der Waals surface area contributed by atoms with Crippen LogP contribution in [0.3, 0.4) is 0 Å². The summed E-state index contributed by atoms with van der Waals surface area (Å²) in [6, 6.07) is 4.32. The van der Waals surface area contributed by atoms with E-state index in [0.29, 0.717) is 0 Å². The van der Waals surface area contributed by atoms with Gasteiger partial charge in [0, 0.05) is 6.42 Å². The average molecular weight is 249 g/mol. The molecule has 3 heteroatoms. The van der Waals surface area contributed by atoms with Gasteiger partial charge in [-0.3, -0.25) is 0 Å². The Kier molecular flexibility index (Phi) is 8.51. The van der Waals surface area contributed by atoms with E-state index in [-0.39, 0.29) is 12.0 Å². The molecule has 0 unspecified atom stereocenters. The van der Waals surface area contributed by atoms with Gasteiger partial charge in [-0.05, 0) is 44.8 Å². The zero-order valence-electron chi connectivity index (χ0n) is 11.2. The van der Waals surface area contributed by atoms with Crippen LogP contribution in [0, 0.1) is 18.2 Å². The first kappa shape index (κ1) is 16.3. The molecule has 0 saturated heterocycles. The Morgan fingerprint density at radius 3 is 2.50 bits per heavy atom. The molecular weight excluding hydrogens is 229 g/mol. The quantitative estimate of drug-likeness (QED) is 0.603. The zero-order chi connectivity index (χ0) is 14.0. The van der Waals surface area contributed by atoms with Crippen molar-refractivity contribution >= 4 is 6.29 Å². The number of carbonyl (C=O) groups excluding carboxylic acids is 1. The van der Waals surface area contributed by atoms with Crippen LogP contribution < -0.4 is 0 Å². The van der Waals surface area contributed by atoms with Crippen molar-refractivity contribution in [3.05, 3.63) is 35.1 Å². The minimum atomic E-state index is -0.424. The van der Waals surface area contributed by atoms with Crippen molar-refractivity contribution in [2.75, 3.05) is 20.6 Å². The molecule has 0 spiro atoms. The fourth-order valence-corrected chi connectivity index (χ4v) is 1.35. The highest BCUT2D eigenvalue weighted by Gasteiger charge is 1.99. The van der Waals surface area contributed by atoms with Gasteiger partial charge in [0.25, 0.3) is 0 Å². The molecule has 0 N–H and O–H groups in total. The molecular formula is C15H20FNO. The molecule has 0 amide bonds. The summed E-state index contributed by atoms with van der Waals surface area (Å²) in [6.45, 7) is 3.39. The number of hydrogen-bond donors (Lipinski definition) is 0. The van der Waals surface area contributed by atoms with Gasteiger partial charge in [-0.2, -0.15) is 0 Å². The summed E-state index contributed by atoms with van der Waals surface area (Å²) in [5, 5.41) is 0. The first-order valence-electron chi connectivity index (χ1n) is 5.88. The lowest BCUT2D eigenvalue weighted by Gasteiger charge is -2.03. The molecule has 0 fully saturated rings. The zero-order valence-corrected chi connectivity index (χ0v) is 11.2. The lowest BCUT2D eigenvalue weighted by atomic mass is 10.1. The van der Waals surface area contributed by atoms with Crippen molar-refractivity contribution in [2.45, 2.75) is 19.8 Å². The molecule has 2 nitrogen and oxygen atoms in total. The lowest BCUT2D eigenvalue weighted by molar-refractivity contribution is -0.107. The van der Waals surface area contributed by atoms with Crippen LogP contribution in [-0.2, 0) is 11.2 Å². The standard InChI is InChI=1S/C10H7FO.C5H13N/c1-2-9-7-8(5-6-12)3-4-10(9)11;1-4-5-6(2)3/h1,3-4,6-7H,5H2;4-5H2,1-3H3. The summed E-state index contributed by atoms with van der Waals surface area (Å²) < 4.78 is 12.8. The largest absolute Gasteiger partial charge is 0.309 e. The molecule has 98 valence electrons. The van der Waals surface area contributed by atoms with Crippen molar-refractivity contribution in [3.8, 4) is 12.3 Å². The molecule has 0 heterocycles. The SMILES string of the molecule is C#Cc1cc(CC=O)ccc1F.CCCN(C)C. The summed E-state index contributed by atoms with van der Waals surface area (Å²) in [5.74, 6) is 1.78. The number of rotatable bonds is 4. The van der Waals surface area contributed by atoms with Gasteiger partial charge in [-0.25, -0.2) is 4.39 Å². The highest BCUT2D eigenvalue weighted by Crippen LogP contribution is 2.09. The highest BCUT2D eigenvalue weighted by molar-refractivity contribution is 5.55. The van der Waals surface area contributed by atoms with Crippen LogP contribution in [0.4, 0.5) is 4.39 Å². The summed E-state index contributed by atoms with van der Waals surface area (Å²) >= 11 is 0. The van der Waals surface area contributed by atoms with E-state index in [1.54, 1.807) is 6.07 Å². The second-order valence-electron chi connectivity index (χ2n) is 4.13. The molecule has 0 bridgehead atoms. The molecule has 0 aliphatic carbocycles. The Morgan fingerprint density at radius 1 is 1.44 bits per heavy atom. The Hall–Kier alpha value is -1.66. The van der Waals surface area contributed by atoms with Crippen LogP contribution in [0.25, 0.3) is 0 Å². The minimum absolute atomic E-state index is 0.203. The molecule has 0 saturated carbocycles. The molecule has 1 aromatic rings. The smallest absolute Gasteiger partial charge is 0.138 e. The van der Waals surface area contributed by atoms with E-state index in [4.69, 9.17) is 6.42 Å². The first-order chi connectivity index (χ1) is 8.54. The molecule has 0 aromatic heterocycles. The van der Waals surface area contributed by atoms with Gasteiger partial charge in [0.05, 0.1) is 5.56 Å². The van der Waals surface area contributed by atoms with Gasteiger partial charge >= 0.3 is 0 Å². The Labute approximate surface area is 109 Å². The summed E-state index contributed by atoms with van der Waals surface area (Å²) in [6.07, 6.45) is 7.32. The van der Waals surface area contributed by atoms with Gasteiger partial charge in [0.2, 0.25) is 0 Å². The monoisotopic (exact) mass is 249 g/mol. The molecule has 1 rings (SSSR count). The predicted octanol–water partition coefficient (Wildman–Crippen LogP) is 2.51. The highest BCUT2D eigenvalue weighted by atomic mass is 19.1. The third-order valence-corrected chi connectivity index (χ3v) is 2.18. The summed E-state index contributed by atoms with van der Waals surface area (Å²) in [7, 11) is 4.17. The molecule has 1 aromatic carbocycles. The van der Waals surface area contributed by atoms with Crippen LogP contribution in [-0.4, -0.2) is 31.8 Å². The van der Waals surface area contributed by atoms with Crippen LogP contribution in [0.1, 0.15) is 24.5 Å². The number of benzene rings is 1. The lowest BCUT2D eigenvalue weighted by Crippen LogP contribution is -2.11. The molecule has 0 aliphatic heterocycles. The molecule has 0 atom stereocenters. The van der Waals surface area contributed by atoms with Gasteiger partial charge < -0.3 is 9.69 Å². The Morgan fingerprint density at radius 2 is 2.11 bits per heavy atom. The fraction of sp³-hybridized carbons (Fsp3) is 0.400. The van der Waals surface area contributed by atoms with Crippen molar-refractivity contribution in [1.82, 2.24) is 4.90 Å². The Balaban J connectivity index is 0.000000411. The maximum Gasteiger partial charge on any atom is 0.138 e. The van der Waals surface area contributed by atoms with Crippen LogP contribution in [0.15, 0.2) is 18.2 Å². The van der Waals surface area contributed by atoms with E-state index < -0.39 is 5.82 Å². The number of halogens is 1. The first-order valence-corrected chi connectivity index (χ1v) is 5.88. The number of nitrogens with zero attached hydrogens (tertiary/aromatic N) is 1. The van der Waals surface area contributed by atoms with E-state index >= 15 is 0 Å². The van der Waals surface area contributed by atoms with Gasteiger partial charge in [-0.1, -0.05) is 18.9 Å². The second kappa shape index (κ2) is 9.38. The van der Waals surface area contributed by atoms with Crippen LogP contribution in [0.2, 0.25) is 0 Å². The summed E-state index contributed by atoms with van der Waals surface area (Å²) in [5.41, 5.74) is 0.939. The van der Waals surface area contributed by atoms with Crippen molar-refractivity contribution < 1.29 is 9.18 Å². The number of aldehydes is 1. The normalized spacial score (nSPS) is 9.33. The maximum atomic E-state index is 12.8. The van der Waals surface area contributed by atoms with Gasteiger partial charge in [-0.15, -0.1) is 6.42 Å². The number of hydrogen-bond acceptors (Lipinski definition) is 2. The number of carbonyl (C=O) groups is 1. The third-order valence-electron chi connectivity index (χ3n) is 2.18. The predicted molar refractivity (Wildman–Crippen MR) is 72.9 cm³/mol. The fourth-order valence-electron chi connectivity index (χ4n) is 1.35. The van der Waals surface area contributed by atoms with E-state index in [9.17, 15) is 9.18 Å². The van der Waals surface area contributed by atoms with Crippen molar-refractivity contribution in [3.63, 3.8) is 0 Å². The van der Waals surface area contributed by atoms with Crippen molar-refractivity contribution in [1.29, 1.82) is 0 Å². The third kappa shape index (κ3) is 6.82. The van der Waals surface area contributed by atoms with Gasteiger partial charge in [0.1, 0.15) is 12.1 Å². The Bertz CT molecular complexity index is 407. The molecule has 18 heavy (non-hydrogen) atoms. The van der Waals surface area contributed by atoms with Crippen molar-refractivity contribution in [2.24, 2.45) is 0 Å². The summed E-state index contributed by atoms with van der Waals surface area (Å²) in [4.78, 5) is 12.3. The topological polar surface area (TPSA) is 20.3 Å². The second-order valence-corrected chi connectivity index (χ2v) is 4.13. The van der Waals surface area contributed by atoms with E-state index in [0.717, 1.165) is 11.8 Å². The van der Waals surface area contributed by atoms with E-state index in [1.165, 1.54) is 25.1 Å². The maximum absolute atomic E-state index is 12.8. The number of terminal acetylenes is 1. The van der Waals surface area contributed by atoms with Crippen LogP contribution >= 0.6 is 0 Å². The van der Waals surface area contributed by atoms with Gasteiger partial charge in [0.15, 0.2) is 0 Å². The van der Waals surface area contributed by atoms with E-state index in [1.807, 2.05) is 0 Å².